The summed E-state index contributed by atoms with van der Waals surface area (Å²) in [6.07, 6.45) is 9.83. The molecule has 0 spiro atoms. The molecule has 3 heteroatoms. The lowest BCUT2D eigenvalue weighted by Crippen LogP contribution is -2.44. The molecule has 24 heavy (non-hydrogen) atoms. The number of rotatable bonds is 6. The van der Waals surface area contributed by atoms with E-state index in [9.17, 15) is 4.39 Å². The lowest BCUT2D eigenvalue weighted by Gasteiger charge is -2.37. The lowest BCUT2D eigenvalue weighted by atomic mass is 9.77. The molecule has 3 rings (SSSR count). The minimum atomic E-state index is -0.136. The van der Waals surface area contributed by atoms with Gasteiger partial charge >= 0.3 is 0 Å². The number of hydrogen-bond donors (Lipinski definition) is 1. The maximum absolute atomic E-state index is 13.1. The van der Waals surface area contributed by atoms with Crippen LogP contribution >= 0.6 is 0 Å². The van der Waals surface area contributed by atoms with Gasteiger partial charge in [0.25, 0.3) is 0 Å². The first kappa shape index (κ1) is 17.9. The third-order valence-electron chi connectivity index (χ3n) is 5.94. The van der Waals surface area contributed by atoms with Crippen LogP contribution in [0.1, 0.15) is 64.4 Å². The number of halogens is 1. The molecule has 1 aliphatic carbocycles. The molecule has 1 aromatic carbocycles. The van der Waals surface area contributed by atoms with Gasteiger partial charge in [-0.15, -0.1) is 0 Å². The summed E-state index contributed by atoms with van der Waals surface area (Å²) in [5, 5.41) is 3.78. The molecule has 2 aliphatic rings. The van der Waals surface area contributed by atoms with Gasteiger partial charge in [-0.1, -0.05) is 25.0 Å². The van der Waals surface area contributed by atoms with Gasteiger partial charge in [-0.3, -0.25) is 0 Å². The summed E-state index contributed by atoms with van der Waals surface area (Å²) in [6, 6.07) is 7.70. The Morgan fingerprint density at radius 3 is 2.54 bits per heavy atom. The Labute approximate surface area is 146 Å². The van der Waals surface area contributed by atoms with Gasteiger partial charge in [-0.25, -0.2) is 4.39 Å². The van der Waals surface area contributed by atoms with Crippen LogP contribution in [-0.2, 0) is 11.2 Å². The predicted molar refractivity (Wildman–Crippen MR) is 96.7 cm³/mol. The highest BCUT2D eigenvalue weighted by Crippen LogP contribution is 2.43. The minimum absolute atomic E-state index is 0.00900. The monoisotopic (exact) mass is 333 g/mol. The van der Waals surface area contributed by atoms with E-state index in [1.807, 2.05) is 12.1 Å². The first-order valence-electron chi connectivity index (χ1n) is 9.58. The van der Waals surface area contributed by atoms with Crippen LogP contribution in [0, 0.1) is 11.2 Å². The lowest BCUT2D eigenvalue weighted by molar-refractivity contribution is -0.0630. The summed E-state index contributed by atoms with van der Waals surface area (Å²) < 4.78 is 19.0. The van der Waals surface area contributed by atoms with Crippen LogP contribution in [0.15, 0.2) is 24.3 Å². The molecular formula is C21H32FNO. The maximum atomic E-state index is 13.1. The fourth-order valence-corrected chi connectivity index (χ4v) is 4.62. The van der Waals surface area contributed by atoms with Crippen LogP contribution in [-0.4, -0.2) is 24.8 Å². The van der Waals surface area contributed by atoms with Crippen LogP contribution in [0.3, 0.4) is 0 Å². The molecular weight excluding hydrogens is 301 g/mol. The largest absolute Gasteiger partial charge is 0.375 e. The quantitative estimate of drug-likeness (QED) is 0.802. The average molecular weight is 333 g/mol. The van der Waals surface area contributed by atoms with E-state index < -0.39 is 0 Å². The first-order chi connectivity index (χ1) is 11.5. The van der Waals surface area contributed by atoms with Crippen LogP contribution in [0.5, 0.6) is 0 Å². The normalized spacial score (nSPS) is 25.7. The highest BCUT2D eigenvalue weighted by Gasteiger charge is 2.34. The Balaban J connectivity index is 1.53. The Bertz CT molecular complexity index is 519. The molecule has 0 bridgehead atoms. The standard InChI is InChI=1S/C21H32FNO/c1-20(2)16-19(9-14-24-20)23-13-12-21(10-3-4-11-21)15-17-5-7-18(22)8-6-17/h5-8,19,23H,3-4,9-16H2,1-2H3/t19-/m0/s1. The van der Waals surface area contributed by atoms with E-state index in [2.05, 4.69) is 19.2 Å². The van der Waals surface area contributed by atoms with Crippen molar-refractivity contribution in [3.05, 3.63) is 35.6 Å². The molecule has 1 saturated carbocycles. The van der Waals surface area contributed by atoms with Crippen molar-refractivity contribution >= 4 is 0 Å². The fraction of sp³-hybridized carbons (Fsp3) is 0.714. The zero-order valence-corrected chi connectivity index (χ0v) is 15.2. The van der Waals surface area contributed by atoms with Crippen LogP contribution in [0.25, 0.3) is 0 Å². The van der Waals surface area contributed by atoms with Gasteiger partial charge in [-0.05, 0) is 82.0 Å². The smallest absolute Gasteiger partial charge is 0.123 e. The number of ether oxygens (including phenoxy) is 1. The van der Waals surface area contributed by atoms with Crippen molar-refractivity contribution in [1.29, 1.82) is 0 Å². The van der Waals surface area contributed by atoms with E-state index >= 15 is 0 Å². The molecule has 1 atom stereocenters. The molecule has 0 radical (unpaired) electrons. The Morgan fingerprint density at radius 2 is 1.88 bits per heavy atom. The SMILES string of the molecule is CC1(C)C[C@@H](NCCC2(Cc3ccc(F)cc3)CCCC2)CCO1. The summed E-state index contributed by atoms with van der Waals surface area (Å²) >= 11 is 0. The Kier molecular flexibility index (Phi) is 5.61. The van der Waals surface area contributed by atoms with Crippen molar-refractivity contribution in [3.63, 3.8) is 0 Å². The van der Waals surface area contributed by atoms with E-state index in [0.29, 0.717) is 11.5 Å². The van der Waals surface area contributed by atoms with E-state index in [-0.39, 0.29) is 11.4 Å². The van der Waals surface area contributed by atoms with Crippen molar-refractivity contribution in [3.8, 4) is 0 Å². The predicted octanol–water partition coefficient (Wildman–Crippen LogP) is 4.87. The summed E-state index contributed by atoms with van der Waals surface area (Å²) in [4.78, 5) is 0. The van der Waals surface area contributed by atoms with Crippen LogP contribution in [0.4, 0.5) is 4.39 Å². The molecule has 1 aromatic rings. The zero-order valence-electron chi connectivity index (χ0n) is 15.2. The van der Waals surface area contributed by atoms with Crippen LogP contribution < -0.4 is 5.32 Å². The zero-order chi connectivity index (χ0) is 17.0. The van der Waals surface area contributed by atoms with Crippen molar-refractivity contribution < 1.29 is 9.13 Å². The molecule has 1 saturated heterocycles. The van der Waals surface area contributed by atoms with Gasteiger partial charge in [0.1, 0.15) is 5.82 Å². The van der Waals surface area contributed by atoms with Crippen molar-refractivity contribution in [1.82, 2.24) is 5.32 Å². The molecule has 1 aliphatic heterocycles. The number of benzene rings is 1. The van der Waals surface area contributed by atoms with Gasteiger partial charge < -0.3 is 10.1 Å². The molecule has 2 nitrogen and oxygen atoms in total. The van der Waals surface area contributed by atoms with Gasteiger partial charge in [0.15, 0.2) is 0 Å². The maximum Gasteiger partial charge on any atom is 0.123 e. The topological polar surface area (TPSA) is 21.3 Å². The molecule has 2 fully saturated rings. The third kappa shape index (κ3) is 4.80. The first-order valence-corrected chi connectivity index (χ1v) is 9.58. The van der Waals surface area contributed by atoms with Gasteiger partial charge in [0.05, 0.1) is 5.60 Å². The molecule has 1 N–H and O–H groups in total. The molecule has 134 valence electrons. The van der Waals surface area contributed by atoms with Crippen molar-refractivity contribution in [2.45, 2.75) is 76.9 Å². The Morgan fingerprint density at radius 1 is 1.17 bits per heavy atom. The third-order valence-corrected chi connectivity index (χ3v) is 5.94. The van der Waals surface area contributed by atoms with Gasteiger partial charge in [-0.2, -0.15) is 0 Å². The minimum Gasteiger partial charge on any atom is -0.375 e. The van der Waals surface area contributed by atoms with Crippen molar-refractivity contribution in [2.75, 3.05) is 13.2 Å². The molecule has 0 aromatic heterocycles. The van der Waals surface area contributed by atoms with E-state index in [4.69, 9.17) is 4.74 Å². The van der Waals surface area contributed by atoms with Crippen LogP contribution in [0.2, 0.25) is 0 Å². The molecule has 0 amide bonds. The highest BCUT2D eigenvalue weighted by molar-refractivity contribution is 5.18. The van der Waals surface area contributed by atoms with Crippen molar-refractivity contribution in [2.24, 2.45) is 5.41 Å². The average Bonchev–Trinajstić information content (AvgIpc) is 2.97. The van der Waals surface area contributed by atoms with Gasteiger partial charge in [0, 0.05) is 12.6 Å². The summed E-state index contributed by atoms with van der Waals surface area (Å²) in [5.41, 5.74) is 1.70. The van der Waals surface area contributed by atoms with Gasteiger partial charge in [0.2, 0.25) is 0 Å². The summed E-state index contributed by atoms with van der Waals surface area (Å²) in [6.45, 7) is 6.33. The number of hydrogen-bond acceptors (Lipinski definition) is 2. The van der Waals surface area contributed by atoms with E-state index in [1.165, 1.54) is 37.7 Å². The van der Waals surface area contributed by atoms with E-state index in [1.54, 1.807) is 12.1 Å². The second kappa shape index (κ2) is 7.53. The summed E-state index contributed by atoms with van der Waals surface area (Å²) in [7, 11) is 0. The Hall–Kier alpha value is -0.930. The van der Waals surface area contributed by atoms with E-state index in [0.717, 1.165) is 32.4 Å². The molecule has 0 unspecified atom stereocenters. The number of nitrogens with one attached hydrogen (secondary N) is 1. The molecule has 1 heterocycles. The summed E-state index contributed by atoms with van der Waals surface area (Å²) in [5.74, 6) is -0.136. The fourth-order valence-electron chi connectivity index (χ4n) is 4.62. The second-order valence-corrected chi connectivity index (χ2v) is 8.51. The highest BCUT2D eigenvalue weighted by atomic mass is 19.1. The second-order valence-electron chi connectivity index (χ2n) is 8.51.